The van der Waals surface area contributed by atoms with Crippen LogP contribution in [0, 0.1) is 5.92 Å². The zero-order valence-electron chi connectivity index (χ0n) is 13.2. The third-order valence-electron chi connectivity index (χ3n) is 3.62. The van der Waals surface area contributed by atoms with Gasteiger partial charge in [0.05, 0.1) is 19.4 Å². The molecule has 1 fully saturated rings. The molecule has 6 nitrogen and oxygen atoms in total. The highest BCUT2D eigenvalue weighted by molar-refractivity contribution is 14.0. The molecule has 1 amide bonds. The van der Waals surface area contributed by atoms with Crippen LogP contribution in [0.5, 0.6) is 0 Å². The molecule has 1 aliphatic heterocycles. The van der Waals surface area contributed by atoms with Crippen LogP contribution in [-0.4, -0.2) is 43.4 Å². The van der Waals surface area contributed by atoms with Gasteiger partial charge in [-0.3, -0.25) is 9.79 Å². The van der Waals surface area contributed by atoms with E-state index >= 15 is 0 Å². The van der Waals surface area contributed by atoms with Crippen molar-refractivity contribution >= 4 is 35.8 Å². The quantitative estimate of drug-likeness (QED) is 0.443. The second-order valence-corrected chi connectivity index (χ2v) is 5.45. The van der Waals surface area contributed by atoms with Crippen LogP contribution in [0.2, 0.25) is 0 Å². The number of halogens is 1. The summed E-state index contributed by atoms with van der Waals surface area (Å²) >= 11 is 0. The Labute approximate surface area is 148 Å². The van der Waals surface area contributed by atoms with Crippen LogP contribution in [0.4, 0.5) is 0 Å². The summed E-state index contributed by atoms with van der Waals surface area (Å²) in [6.07, 6.45) is 4.03. The van der Waals surface area contributed by atoms with Gasteiger partial charge >= 0.3 is 0 Å². The zero-order valence-corrected chi connectivity index (χ0v) is 15.5. The van der Waals surface area contributed by atoms with Crippen molar-refractivity contribution in [3.05, 3.63) is 24.2 Å². The Balaban J connectivity index is 0.00000242. The number of carbonyl (C=O) groups is 1. The van der Waals surface area contributed by atoms with Gasteiger partial charge in [-0.2, -0.15) is 0 Å². The van der Waals surface area contributed by atoms with E-state index in [0.717, 1.165) is 24.8 Å². The molecular weight excluding hydrogens is 395 g/mol. The van der Waals surface area contributed by atoms with E-state index in [9.17, 15) is 4.79 Å². The van der Waals surface area contributed by atoms with Crippen molar-refractivity contribution in [2.24, 2.45) is 10.9 Å². The summed E-state index contributed by atoms with van der Waals surface area (Å²) in [5.41, 5.74) is 0. The number of furan rings is 1. The topological polar surface area (TPSA) is 69.9 Å². The highest BCUT2D eigenvalue weighted by atomic mass is 127. The van der Waals surface area contributed by atoms with Crippen molar-refractivity contribution in [1.29, 1.82) is 0 Å². The Bertz CT molecular complexity index is 476. The minimum atomic E-state index is -0.0717. The van der Waals surface area contributed by atoms with Crippen molar-refractivity contribution in [2.45, 2.75) is 26.3 Å². The fraction of sp³-hybridized carbons (Fsp3) is 0.600. The molecule has 1 aromatic rings. The Morgan fingerprint density at radius 1 is 1.50 bits per heavy atom. The van der Waals surface area contributed by atoms with E-state index in [2.05, 4.69) is 27.4 Å². The number of nitrogens with zero attached hydrogens (tertiary/aromatic N) is 2. The Kier molecular flexibility index (Phi) is 8.29. The first kappa shape index (κ1) is 18.8. The van der Waals surface area contributed by atoms with Crippen LogP contribution in [0.3, 0.4) is 0 Å². The average molecular weight is 420 g/mol. The van der Waals surface area contributed by atoms with E-state index in [1.165, 1.54) is 12.8 Å². The maximum atomic E-state index is 11.8. The van der Waals surface area contributed by atoms with Crippen LogP contribution in [0.1, 0.15) is 25.5 Å². The summed E-state index contributed by atoms with van der Waals surface area (Å²) in [5, 5.41) is 5.93. The molecule has 1 saturated heterocycles. The lowest BCUT2D eigenvalue weighted by Gasteiger charge is -2.33. The standard InChI is InChI=1S/C15H24N4O2.HI/c1-12-5-3-7-19(11-12)15(16-2)18-10-14(20)17-9-13-6-4-8-21-13;/h4,6,8,12H,3,5,7,9-11H2,1-2H3,(H,16,18)(H,17,20);1H. The normalized spacial score (nSPS) is 18.5. The minimum Gasteiger partial charge on any atom is -0.467 e. The second kappa shape index (κ2) is 9.70. The van der Waals surface area contributed by atoms with Gasteiger partial charge in [0.15, 0.2) is 5.96 Å². The molecule has 124 valence electrons. The van der Waals surface area contributed by atoms with Crippen molar-refractivity contribution in [2.75, 3.05) is 26.7 Å². The number of hydrogen-bond acceptors (Lipinski definition) is 3. The molecule has 0 bridgehead atoms. The molecule has 0 aliphatic carbocycles. The second-order valence-electron chi connectivity index (χ2n) is 5.45. The molecule has 22 heavy (non-hydrogen) atoms. The third-order valence-corrected chi connectivity index (χ3v) is 3.62. The molecule has 2 rings (SSSR count). The number of carbonyl (C=O) groups excluding carboxylic acids is 1. The largest absolute Gasteiger partial charge is 0.467 e. The molecule has 0 radical (unpaired) electrons. The van der Waals surface area contributed by atoms with Gasteiger partial charge in [0, 0.05) is 20.1 Å². The fourth-order valence-corrected chi connectivity index (χ4v) is 2.53. The van der Waals surface area contributed by atoms with Crippen LogP contribution >= 0.6 is 24.0 Å². The number of rotatable bonds is 4. The van der Waals surface area contributed by atoms with E-state index < -0.39 is 0 Å². The van der Waals surface area contributed by atoms with Crippen molar-refractivity contribution in [3.63, 3.8) is 0 Å². The van der Waals surface area contributed by atoms with Gasteiger partial charge in [-0.05, 0) is 30.9 Å². The van der Waals surface area contributed by atoms with Crippen molar-refractivity contribution < 1.29 is 9.21 Å². The monoisotopic (exact) mass is 420 g/mol. The lowest BCUT2D eigenvalue weighted by atomic mass is 10.0. The van der Waals surface area contributed by atoms with Crippen LogP contribution in [-0.2, 0) is 11.3 Å². The summed E-state index contributed by atoms with van der Waals surface area (Å²) < 4.78 is 5.17. The first-order chi connectivity index (χ1) is 10.2. The molecule has 0 spiro atoms. The van der Waals surface area contributed by atoms with Gasteiger partial charge in [0.25, 0.3) is 0 Å². The van der Waals surface area contributed by atoms with E-state index in [4.69, 9.17) is 4.42 Å². The van der Waals surface area contributed by atoms with Gasteiger partial charge in [-0.1, -0.05) is 6.92 Å². The highest BCUT2D eigenvalue weighted by Gasteiger charge is 2.19. The first-order valence-corrected chi connectivity index (χ1v) is 7.43. The number of guanidine groups is 1. The van der Waals surface area contributed by atoms with Gasteiger partial charge in [0.1, 0.15) is 5.76 Å². The van der Waals surface area contributed by atoms with E-state index in [1.54, 1.807) is 19.4 Å². The van der Waals surface area contributed by atoms with E-state index in [0.29, 0.717) is 12.5 Å². The average Bonchev–Trinajstić information content (AvgIpc) is 2.99. The summed E-state index contributed by atoms with van der Waals surface area (Å²) in [6.45, 7) is 4.87. The summed E-state index contributed by atoms with van der Waals surface area (Å²) in [5.74, 6) is 2.15. The van der Waals surface area contributed by atoms with E-state index in [-0.39, 0.29) is 36.4 Å². The number of nitrogens with one attached hydrogen (secondary N) is 2. The SMILES string of the molecule is CN=C(NCC(=O)NCc1ccco1)N1CCCC(C)C1.I. The Morgan fingerprint density at radius 3 is 2.95 bits per heavy atom. The predicted octanol–water partition coefficient (Wildman–Crippen LogP) is 1.82. The lowest BCUT2D eigenvalue weighted by molar-refractivity contribution is -0.120. The molecule has 1 atom stereocenters. The Morgan fingerprint density at radius 2 is 2.32 bits per heavy atom. The molecular formula is C15H25IN4O2. The number of amides is 1. The van der Waals surface area contributed by atoms with Gasteiger partial charge in [-0.25, -0.2) is 0 Å². The molecule has 7 heteroatoms. The molecule has 0 aromatic carbocycles. The predicted molar refractivity (Wildman–Crippen MR) is 97.3 cm³/mol. The maximum absolute atomic E-state index is 11.8. The third kappa shape index (κ3) is 5.86. The van der Waals surface area contributed by atoms with Crippen LogP contribution in [0.15, 0.2) is 27.8 Å². The van der Waals surface area contributed by atoms with Crippen molar-refractivity contribution in [1.82, 2.24) is 15.5 Å². The number of hydrogen-bond donors (Lipinski definition) is 2. The molecule has 2 heterocycles. The minimum absolute atomic E-state index is 0. The molecule has 2 N–H and O–H groups in total. The molecule has 1 aromatic heterocycles. The van der Waals surface area contributed by atoms with E-state index in [1.807, 2.05) is 6.07 Å². The highest BCUT2D eigenvalue weighted by Crippen LogP contribution is 2.15. The van der Waals surface area contributed by atoms with Gasteiger partial charge in [0.2, 0.25) is 5.91 Å². The van der Waals surface area contributed by atoms with Gasteiger partial charge in [-0.15, -0.1) is 24.0 Å². The van der Waals surface area contributed by atoms with Crippen molar-refractivity contribution in [3.8, 4) is 0 Å². The lowest BCUT2D eigenvalue weighted by Crippen LogP contribution is -2.48. The fourth-order valence-electron chi connectivity index (χ4n) is 2.53. The number of likely N-dealkylation sites (tertiary alicyclic amines) is 1. The molecule has 0 saturated carbocycles. The molecule has 1 aliphatic rings. The number of piperidine rings is 1. The number of aliphatic imine (C=N–C) groups is 1. The van der Waals surface area contributed by atoms with Crippen LogP contribution < -0.4 is 10.6 Å². The Hall–Kier alpha value is -1.25. The molecule has 1 unspecified atom stereocenters. The zero-order chi connectivity index (χ0) is 15.1. The summed E-state index contributed by atoms with van der Waals surface area (Å²) in [7, 11) is 1.75. The first-order valence-electron chi connectivity index (χ1n) is 7.43. The summed E-state index contributed by atoms with van der Waals surface area (Å²) in [4.78, 5) is 18.3. The maximum Gasteiger partial charge on any atom is 0.239 e. The van der Waals surface area contributed by atoms with Gasteiger partial charge < -0.3 is 20.0 Å². The van der Waals surface area contributed by atoms with Crippen LogP contribution in [0.25, 0.3) is 0 Å². The smallest absolute Gasteiger partial charge is 0.239 e. The summed E-state index contributed by atoms with van der Waals surface area (Å²) in [6, 6.07) is 3.64.